The maximum absolute atomic E-state index is 13.3. The monoisotopic (exact) mass is 272 g/mol. The van der Waals surface area contributed by atoms with E-state index in [9.17, 15) is 13.6 Å². The van der Waals surface area contributed by atoms with E-state index in [-0.39, 0.29) is 0 Å². The average Bonchev–Trinajstić information content (AvgIpc) is 2.36. The molecule has 1 N–H and O–H groups in total. The molecule has 0 fully saturated rings. The second-order valence-electron chi connectivity index (χ2n) is 4.15. The minimum atomic E-state index is -0.856. The Bertz CT molecular complexity index is 407. The number of amides is 1. The summed E-state index contributed by atoms with van der Waals surface area (Å²) in [6.45, 7) is 2.20. The minimum absolute atomic E-state index is 0.312. The van der Waals surface area contributed by atoms with Crippen molar-refractivity contribution in [2.24, 2.45) is 0 Å². The number of halogens is 2. The lowest BCUT2D eigenvalue weighted by Crippen LogP contribution is -2.35. The summed E-state index contributed by atoms with van der Waals surface area (Å²) < 4.78 is 31.6. The molecule has 0 saturated carbocycles. The van der Waals surface area contributed by atoms with Crippen molar-refractivity contribution in [1.29, 1.82) is 0 Å². The highest BCUT2D eigenvalue weighted by Gasteiger charge is 2.16. The fourth-order valence-electron chi connectivity index (χ4n) is 1.52. The van der Waals surface area contributed by atoms with Crippen LogP contribution in [-0.4, -0.2) is 51.2 Å². The van der Waals surface area contributed by atoms with Crippen LogP contribution in [0, 0.1) is 11.6 Å². The van der Waals surface area contributed by atoms with Crippen molar-refractivity contribution in [3.05, 3.63) is 35.4 Å². The number of carbonyl (C=O) groups excluding carboxylic acids is 1. The van der Waals surface area contributed by atoms with E-state index in [0.29, 0.717) is 19.7 Å². The van der Waals surface area contributed by atoms with Gasteiger partial charge in [-0.3, -0.25) is 4.79 Å². The van der Waals surface area contributed by atoms with Gasteiger partial charge in [0, 0.05) is 26.7 Å². The van der Waals surface area contributed by atoms with Gasteiger partial charge in [0.1, 0.15) is 17.2 Å². The van der Waals surface area contributed by atoms with Crippen LogP contribution in [0.3, 0.4) is 0 Å². The Hall–Kier alpha value is -1.53. The van der Waals surface area contributed by atoms with Crippen LogP contribution in [0.5, 0.6) is 0 Å². The smallest absolute Gasteiger partial charge is 0.257 e. The summed E-state index contributed by atoms with van der Waals surface area (Å²) in [6.07, 6.45) is 0. The molecule has 0 heterocycles. The highest BCUT2D eigenvalue weighted by atomic mass is 19.1. The second-order valence-corrected chi connectivity index (χ2v) is 4.15. The van der Waals surface area contributed by atoms with E-state index in [4.69, 9.17) is 4.74 Å². The average molecular weight is 272 g/mol. The summed E-state index contributed by atoms with van der Waals surface area (Å²) in [5, 5.41) is 2.49. The molecule has 1 aromatic carbocycles. The van der Waals surface area contributed by atoms with Crippen molar-refractivity contribution in [3.63, 3.8) is 0 Å². The second kappa shape index (κ2) is 7.81. The number of likely N-dealkylation sites (N-methyl/N-ethyl adjacent to an activating group) is 1. The number of hydrogen-bond donors (Lipinski definition) is 1. The predicted octanol–water partition coefficient (Wildman–Crippen LogP) is 1.27. The molecule has 0 aromatic heterocycles. The summed E-state index contributed by atoms with van der Waals surface area (Å²) in [4.78, 5) is 13.6. The molecule has 0 radical (unpaired) electrons. The SMILES string of the molecule is COCCN(C)CCNC(=O)c1c(F)cccc1F. The predicted molar refractivity (Wildman–Crippen MR) is 68.1 cm³/mol. The first kappa shape index (κ1) is 15.5. The van der Waals surface area contributed by atoms with Gasteiger partial charge >= 0.3 is 0 Å². The van der Waals surface area contributed by atoms with E-state index >= 15 is 0 Å². The van der Waals surface area contributed by atoms with E-state index in [0.717, 1.165) is 18.7 Å². The Morgan fingerprint density at radius 2 is 1.95 bits per heavy atom. The molecule has 0 unspecified atom stereocenters. The third-order valence-electron chi connectivity index (χ3n) is 2.65. The van der Waals surface area contributed by atoms with E-state index in [2.05, 4.69) is 5.32 Å². The Morgan fingerprint density at radius 1 is 1.32 bits per heavy atom. The van der Waals surface area contributed by atoms with Crippen molar-refractivity contribution in [2.75, 3.05) is 40.4 Å². The minimum Gasteiger partial charge on any atom is -0.383 e. The summed E-state index contributed by atoms with van der Waals surface area (Å²) in [7, 11) is 3.48. The molecule has 0 saturated heterocycles. The van der Waals surface area contributed by atoms with Crippen molar-refractivity contribution in [1.82, 2.24) is 10.2 Å². The van der Waals surface area contributed by atoms with Crippen molar-refractivity contribution < 1.29 is 18.3 Å². The Labute approximate surface area is 111 Å². The molecule has 0 spiro atoms. The molecule has 1 rings (SSSR count). The molecule has 0 aliphatic rings. The maximum atomic E-state index is 13.3. The van der Waals surface area contributed by atoms with Crippen LogP contribution < -0.4 is 5.32 Å². The standard InChI is InChI=1S/C13H18F2N2O2/c1-17(8-9-19-2)7-6-16-13(18)12-10(14)4-3-5-11(12)15/h3-5H,6-9H2,1-2H3,(H,16,18). The van der Waals surface area contributed by atoms with Gasteiger partial charge < -0.3 is 15.0 Å². The van der Waals surface area contributed by atoms with Crippen LogP contribution in [0.25, 0.3) is 0 Å². The maximum Gasteiger partial charge on any atom is 0.257 e. The molecule has 0 atom stereocenters. The number of ether oxygens (including phenoxy) is 1. The molecule has 4 nitrogen and oxygen atoms in total. The lowest BCUT2D eigenvalue weighted by atomic mass is 10.2. The summed E-state index contributed by atoms with van der Waals surface area (Å²) in [6, 6.07) is 3.34. The van der Waals surface area contributed by atoms with Gasteiger partial charge in [-0.05, 0) is 19.2 Å². The molecule has 106 valence electrons. The van der Waals surface area contributed by atoms with Gasteiger partial charge in [-0.1, -0.05) is 6.07 Å². The van der Waals surface area contributed by atoms with Gasteiger partial charge in [0.25, 0.3) is 5.91 Å². The van der Waals surface area contributed by atoms with E-state index in [1.165, 1.54) is 6.07 Å². The van der Waals surface area contributed by atoms with Gasteiger partial charge in [0.05, 0.1) is 6.61 Å². The van der Waals surface area contributed by atoms with Crippen molar-refractivity contribution in [3.8, 4) is 0 Å². The van der Waals surface area contributed by atoms with Gasteiger partial charge in [-0.15, -0.1) is 0 Å². The first-order valence-electron chi connectivity index (χ1n) is 5.96. The molecular formula is C13H18F2N2O2. The molecule has 6 heteroatoms. The van der Waals surface area contributed by atoms with E-state index < -0.39 is 23.1 Å². The highest BCUT2D eigenvalue weighted by molar-refractivity contribution is 5.94. The fourth-order valence-corrected chi connectivity index (χ4v) is 1.52. The van der Waals surface area contributed by atoms with Crippen LogP contribution >= 0.6 is 0 Å². The van der Waals surface area contributed by atoms with E-state index in [1.54, 1.807) is 7.11 Å². The zero-order valence-electron chi connectivity index (χ0n) is 11.1. The van der Waals surface area contributed by atoms with Gasteiger partial charge in [0.2, 0.25) is 0 Å². The largest absolute Gasteiger partial charge is 0.383 e. The van der Waals surface area contributed by atoms with Crippen molar-refractivity contribution in [2.45, 2.75) is 0 Å². The summed E-state index contributed by atoms with van der Waals surface area (Å²) >= 11 is 0. The summed E-state index contributed by atoms with van der Waals surface area (Å²) in [5.41, 5.74) is -0.540. The molecule has 1 amide bonds. The van der Waals surface area contributed by atoms with Crippen LogP contribution in [0.2, 0.25) is 0 Å². The number of nitrogens with zero attached hydrogens (tertiary/aromatic N) is 1. The van der Waals surface area contributed by atoms with Crippen LogP contribution in [0.1, 0.15) is 10.4 Å². The molecule has 19 heavy (non-hydrogen) atoms. The highest BCUT2D eigenvalue weighted by Crippen LogP contribution is 2.11. The number of methoxy groups -OCH3 is 1. The molecule has 1 aromatic rings. The van der Waals surface area contributed by atoms with E-state index in [1.807, 2.05) is 11.9 Å². The van der Waals surface area contributed by atoms with Crippen LogP contribution in [-0.2, 0) is 4.74 Å². The van der Waals surface area contributed by atoms with Gasteiger partial charge in [-0.2, -0.15) is 0 Å². The first-order chi connectivity index (χ1) is 9.06. The number of nitrogens with one attached hydrogen (secondary N) is 1. The lowest BCUT2D eigenvalue weighted by molar-refractivity contribution is 0.0939. The molecule has 0 bridgehead atoms. The van der Waals surface area contributed by atoms with Gasteiger partial charge in [-0.25, -0.2) is 8.78 Å². The van der Waals surface area contributed by atoms with Crippen LogP contribution in [0.4, 0.5) is 8.78 Å². The zero-order valence-corrected chi connectivity index (χ0v) is 11.1. The third-order valence-corrected chi connectivity index (χ3v) is 2.65. The fraction of sp³-hybridized carbons (Fsp3) is 0.462. The molecule has 0 aliphatic carbocycles. The number of hydrogen-bond acceptors (Lipinski definition) is 3. The number of benzene rings is 1. The number of rotatable bonds is 7. The number of carbonyl (C=O) groups is 1. The Kier molecular flexibility index (Phi) is 6.38. The van der Waals surface area contributed by atoms with Crippen LogP contribution in [0.15, 0.2) is 18.2 Å². The molecule has 0 aliphatic heterocycles. The Morgan fingerprint density at radius 3 is 2.53 bits per heavy atom. The van der Waals surface area contributed by atoms with Gasteiger partial charge in [0.15, 0.2) is 0 Å². The topological polar surface area (TPSA) is 41.6 Å². The quantitative estimate of drug-likeness (QED) is 0.813. The first-order valence-corrected chi connectivity index (χ1v) is 5.96. The summed E-state index contributed by atoms with van der Waals surface area (Å²) in [5.74, 6) is -2.45. The lowest BCUT2D eigenvalue weighted by Gasteiger charge is -2.16. The molecular weight excluding hydrogens is 254 g/mol. The zero-order chi connectivity index (χ0) is 14.3. The Balaban J connectivity index is 2.44. The normalized spacial score (nSPS) is 10.8. The third kappa shape index (κ3) is 4.92. The van der Waals surface area contributed by atoms with Crippen molar-refractivity contribution >= 4 is 5.91 Å².